The largest absolute Gasteiger partial charge is 0.416 e. The normalized spacial score (nSPS) is 14.3. The van der Waals surface area contributed by atoms with Crippen molar-refractivity contribution < 1.29 is 18.0 Å². The fraction of sp³-hybridized carbons (Fsp3) is 0.281. The predicted octanol–water partition coefficient (Wildman–Crippen LogP) is 5.40. The number of piperazine rings is 1. The third-order valence-corrected chi connectivity index (χ3v) is 7.31. The van der Waals surface area contributed by atoms with E-state index in [2.05, 4.69) is 37.3 Å². The fourth-order valence-corrected chi connectivity index (χ4v) is 4.77. The van der Waals surface area contributed by atoms with E-state index < -0.39 is 17.6 Å². The highest BCUT2D eigenvalue weighted by molar-refractivity contribution is 6.04. The number of likely N-dealkylation sites (N-methyl/N-ethyl adjacent to an activating group) is 1. The van der Waals surface area contributed by atoms with Gasteiger partial charge in [0.25, 0.3) is 5.91 Å². The van der Waals surface area contributed by atoms with Crippen molar-refractivity contribution in [3.05, 3.63) is 94.2 Å². The topological polar surface area (TPSA) is 73.4 Å². The van der Waals surface area contributed by atoms with Crippen LogP contribution >= 0.6 is 0 Å². The van der Waals surface area contributed by atoms with Gasteiger partial charge in [0.05, 0.1) is 11.1 Å². The highest BCUT2D eigenvalue weighted by Gasteiger charge is 2.34. The zero-order valence-corrected chi connectivity index (χ0v) is 23.6. The van der Waals surface area contributed by atoms with E-state index in [0.29, 0.717) is 30.2 Å². The summed E-state index contributed by atoms with van der Waals surface area (Å²) in [5, 5.41) is 6.43. The molecule has 10 heteroatoms. The van der Waals surface area contributed by atoms with Crippen LogP contribution in [-0.4, -0.2) is 65.9 Å². The van der Waals surface area contributed by atoms with Crippen LogP contribution in [0.2, 0.25) is 0 Å². The molecule has 0 atom stereocenters. The number of halogens is 3. The molecule has 2 N–H and O–H groups in total. The van der Waals surface area contributed by atoms with E-state index in [1.54, 1.807) is 31.4 Å². The van der Waals surface area contributed by atoms with Gasteiger partial charge in [0.1, 0.15) is 0 Å². The Balaban J connectivity index is 1.34. The van der Waals surface area contributed by atoms with Crippen molar-refractivity contribution in [3.63, 3.8) is 0 Å². The summed E-state index contributed by atoms with van der Waals surface area (Å²) in [4.78, 5) is 25.9. The number of benzene rings is 3. The van der Waals surface area contributed by atoms with Gasteiger partial charge in [-0.1, -0.05) is 30.0 Å². The van der Waals surface area contributed by atoms with E-state index >= 15 is 0 Å². The molecule has 0 spiro atoms. The molecule has 1 aliphatic heterocycles. The van der Waals surface area contributed by atoms with Gasteiger partial charge < -0.3 is 15.5 Å². The predicted molar refractivity (Wildman–Crippen MR) is 158 cm³/mol. The smallest absolute Gasteiger partial charge is 0.357 e. The first-order valence-corrected chi connectivity index (χ1v) is 13.6. The summed E-state index contributed by atoms with van der Waals surface area (Å²) >= 11 is 0. The number of anilines is 2. The Kier molecular flexibility index (Phi) is 8.43. The molecule has 4 aromatic rings. The molecule has 0 unspecified atom stereocenters. The van der Waals surface area contributed by atoms with E-state index in [-0.39, 0.29) is 17.8 Å². The number of alkyl halides is 3. The highest BCUT2D eigenvalue weighted by atomic mass is 19.4. The van der Waals surface area contributed by atoms with Crippen LogP contribution in [0.5, 0.6) is 0 Å². The lowest BCUT2D eigenvalue weighted by Crippen LogP contribution is -2.44. The summed E-state index contributed by atoms with van der Waals surface area (Å²) in [7, 11) is 3.75. The van der Waals surface area contributed by atoms with Gasteiger partial charge in [0.2, 0.25) is 5.95 Å². The number of aryl methyl sites for hydroxylation is 1. The third-order valence-electron chi connectivity index (χ3n) is 7.31. The summed E-state index contributed by atoms with van der Waals surface area (Å²) in [6, 6.07) is 14.7. The molecule has 2 heterocycles. The van der Waals surface area contributed by atoms with Gasteiger partial charge in [-0.3, -0.25) is 9.69 Å². The second-order valence-corrected chi connectivity index (χ2v) is 10.4. The average molecular weight is 573 g/mol. The summed E-state index contributed by atoms with van der Waals surface area (Å²) in [6.07, 6.45) is -2.81. The maximum Gasteiger partial charge on any atom is 0.416 e. The van der Waals surface area contributed by atoms with E-state index in [4.69, 9.17) is 0 Å². The minimum Gasteiger partial charge on any atom is -0.357 e. The number of carbonyl (C=O) groups is 1. The Morgan fingerprint density at radius 3 is 2.52 bits per heavy atom. The average Bonchev–Trinajstić information content (AvgIpc) is 2.97. The minimum absolute atomic E-state index is 0.0850. The SMILES string of the molecule is CNc1ncc2ccc(C#Cc3cc(C(=O)Nc4ccc(CN5CCN(C)CC5)c(C(F)(F)F)c4)ccc3C)cc2n1. The van der Waals surface area contributed by atoms with Crippen LogP contribution in [0.25, 0.3) is 10.9 Å². The fourth-order valence-electron chi connectivity index (χ4n) is 4.77. The number of hydrogen-bond acceptors (Lipinski definition) is 6. The number of fused-ring (bicyclic) bond motifs is 1. The molecule has 1 saturated heterocycles. The van der Waals surface area contributed by atoms with Crippen LogP contribution in [0.1, 0.15) is 38.2 Å². The van der Waals surface area contributed by atoms with E-state index in [1.165, 1.54) is 12.1 Å². The molecule has 216 valence electrons. The first kappa shape index (κ1) is 29.0. The molecule has 0 saturated carbocycles. The van der Waals surface area contributed by atoms with Gasteiger partial charge in [0.15, 0.2) is 0 Å². The summed E-state index contributed by atoms with van der Waals surface area (Å²) in [5.74, 6) is 6.23. The lowest BCUT2D eigenvalue weighted by atomic mass is 10.0. The molecular formula is C32H31F3N6O. The van der Waals surface area contributed by atoms with E-state index in [0.717, 1.165) is 41.2 Å². The standard InChI is InChI=1S/C32H31F3N6O/c1-21-4-7-24(17-23(21)8-5-22-6-9-25-19-37-31(36-2)39-29(25)16-22)30(42)38-27-11-10-26(28(18-27)32(33,34)35)20-41-14-12-40(3)13-15-41/h4,6-7,9-11,16-19H,12-15,20H2,1-3H3,(H,38,42)(H,36,37,39). The van der Waals surface area contributed by atoms with E-state index in [9.17, 15) is 18.0 Å². The zero-order chi connectivity index (χ0) is 29.9. The van der Waals surface area contributed by atoms with Crippen LogP contribution in [-0.2, 0) is 12.7 Å². The quantitative estimate of drug-likeness (QED) is 0.312. The molecular weight excluding hydrogens is 541 g/mol. The second-order valence-electron chi connectivity index (χ2n) is 10.4. The number of nitrogens with one attached hydrogen (secondary N) is 2. The summed E-state index contributed by atoms with van der Waals surface area (Å²) < 4.78 is 42.0. The van der Waals surface area contributed by atoms with Crippen molar-refractivity contribution in [2.75, 3.05) is 50.9 Å². The molecule has 0 radical (unpaired) electrons. The molecule has 1 aliphatic rings. The van der Waals surface area contributed by atoms with Gasteiger partial charge in [-0.25, -0.2) is 9.97 Å². The number of hydrogen-bond donors (Lipinski definition) is 2. The van der Waals surface area contributed by atoms with Crippen molar-refractivity contribution in [3.8, 4) is 11.8 Å². The lowest BCUT2D eigenvalue weighted by molar-refractivity contribution is -0.138. The van der Waals surface area contributed by atoms with Gasteiger partial charge in [-0.2, -0.15) is 13.2 Å². The number of nitrogens with zero attached hydrogens (tertiary/aromatic N) is 4. The third kappa shape index (κ3) is 6.87. The van der Waals surface area contributed by atoms with Crippen LogP contribution in [0.4, 0.5) is 24.8 Å². The summed E-state index contributed by atoms with van der Waals surface area (Å²) in [6.45, 7) is 5.12. The Hall–Kier alpha value is -4.46. The molecule has 42 heavy (non-hydrogen) atoms. The van der Waals surface area contributed by atoms with Crippen molar-refractivity contribution in [2.45, 2.75) is 19.6 Å². The number of aromatic nitrogens is 2. The van der Waals surface area contributed by atoms with Crippen molar-refractivity contribution >= 4 is 28.4 Å². The van der Waals surface area contributed by atoms with Gasteiger partial charge in [0, 0.05) is 73.7 Å². The monoisotopic (exact) mass is 572 g/mol. The molecule has 1 amide bonds. The Labute approximate surface area is 242 Å². The van der Waals surface area contributed by atoms with Gasteiger partial charge >= 0.3 is 6.18 Å². The van der Waals surface area contributed by atoms with Crippen LogP contribution < -0.4 is 10.6 Å². The maximum atomic E-state index is 14.0. The van der Waals surface area contributed by atoms with Crippen molar-refractivity contribution in [2.24, 2.45) is 0 Å². The van der Waals surface area contributed by atoms with Gasteiger partial charge in [-0.05, 0) is 61.5 Å². The van der Waals surface area contributed by atoms with Gasteiger partial charge in [-0.15, -0.1) is 0 Å². The van der Waals surface area contributed by atoms with Crippen molar-refractivity contribution in [1.29, 1.82) is 0 Å². The summed E-state index contributed by atoms with van der Waals surface area (Å²) in [5.41, 5.74) is 2.84. The molecule has 0 aliphatic carbocycles. The Bertz CT molecular complexity index is 1680. The van der Waals surface area contributed by atoms with E-state index in [1.807, 2.05) is 37.1 Å². The van der Waals surface area contributed by atoms with Crippen molar-refractivity contribution in [1.82, 2.24) is 19.8 Å². The number of amides is 1. The second kappa shape index (κ2) is 12.2. The zero-order valence-electron chi connectivity index (χ0n) is 23.6. The molecule has 0 bridgehead atoms. The van der Waals surface area contributed by atoms with Crippen LogP contribution in [0.15, 0.2) is 60.8 Å². The first-order valence-electron chi connectivity index (χ1n) is 13.6. The Morgan fingerprint density at radius 2 is 1.79 bits per heavy atom. The molecule has 7 nitrogen and oxygen atoms in total. The number of carbonyl (C=O) groups excluding carboxylic acids is 1. The lowest BCUT2D eigenvalue weighted by Gasteiger charge is -2.33. The molecule has 1 aromatic heterocycles. The van der Waals surface area contributed by atoms with Crippen LogP contribution in [0, 0.1) is 18.8 Å². The van der Waals surface area contributed by atoms with Crippen LogP contribution in [0.3, 0.4) is 0 Å². The maximum absolute atomic E-state index is 14.0. The minimum atomic E-state index is -4.54. The number of rotatable bonds is 5. The molecule has 5 rings (SSSR count). The molecule has 1 fully saturated rings. The first-order chi connectivity index (χ1) is 20.1. The highest BCUT2D eigenvalue weighted by Crippen LogP contribution is 2.34. The Morgan fingerprint density at radius 1 is 1.00 bits per heavy atom. The molecule has 3 aromatic carbocycles.